The van der Waals surface area contributed by atoms with E-state index in [0.29, 0.717) is 36.8 Å². The van der Waals surface area contributed by atoms with Crippen LogP contribution in [0.1, 0.15) is 19.3 Å². The maximum absolute atomic E-state index is 11.6. The highest BCUT2D eigenvalue weighted by molar-refractivity contribution is 6.33. The number of hydrogen-bond acceptors (Lipinski definition) is 3. The van der Waals surface area contributed by atoms with E-state index in [1.54, 1.807) is 12.1 Å². The van der Waals surface area contributed by atoms with Crippen molar-refractivity contribution < 1.29 is 14.6 Å². The van der Waals surface area contributed by atoms with Crippen molar-refractivity contribution in [3.05, 3.63) is 29.3 Å². The number of rotatable bonds is 3. The molecule has 0 saturated carbocycles. The predicted molar refractivity (Wildman–Crippen MR) is 70.1 cm³/mol. The molecule has 1 atom stereocenters. The van der Waals surface area contributed by atoms with Gasteiger partial charge in [0.1, 0.15) is 5.54 Å². The van der Waals surface area contributed by atoms with Gasteiger partial charge in [0, 0.05) is 19.6 Å². The Hall–Kier alpha value is -1.26. The summed E-state index contributed by atoms with van der Waals surface area (Å²) in [5, 5.41) is 13.1. The Balaban J connectivity index is 2.25. The minimum absolute atomic E-state index is 0.438. The van der Waals surface area contributed by atoms with Gasteiger partial charge in [0.2, 0.25) is 0 Å². The van der Waals surface area contributed by atoms with Crippen LogP contribution in [0.3, 0.4) is 0 Å². The third kappa shape index (κ3) is 2.76. The molecule has 1 aliphatic rings. The molecule has 1 saturated heterocycles. The second-order valence-corrected chi connectivity index (χ2v) is 4.87. The van der Waals surface area contributed by atoms with Crippen molar-refractivity contribution in [1.82, 2.24) is 0 Å². The molecule has 1 unspecified atom stereocenters. The van der Waals surface area contributed by atoms with Crippen molar-refractivity contribution in [3.63, 3.8) is 0 Å². The molecule has 1 heterocycles. The normalized spacial score (nSPS) is 24.3. The summed E-state index contributed by atoms with van der Waals surface area (Å²) in [6.45, 7) is 1.06. The Morgan fingerprint density at radius 2 is 2.11 bits per heavy atom. The van der Waals surface area contributed by atoms with Crippen LogP contribution in [0.25, 0.3) is 0 Å². The van der Waals surface area contributed by atoms with Gasteiger partial charge >= 0.3 is 5.97 Å². The van der Waals surface area contributed by atoms with Gasteiger partial charge in [0.15, 0.2) is 0 Å². The van der Waals surface area contributed by atoms with Crippen LogP contribution in [-0.2, 0) is 9.53 Å². The van der Waals surface area contributed by atoms with Gasteiger partial charge in [-0.25, -0.2) is 4.79 Å². The average molecular weight is 270 g/mol. The zero-order chi connectivity index (χ0) is 13.0. The highest BCUT2D eigenvalue weighted by Crippen LogP contribution is 2.30. The van der Waals surface area contributed by atoms with E-state index < -0.39 is 11.5 Å². The fourth-order valence-corrected chi connectivity index (χ4v) is 2.35. The summed E-state index contributed by atoms with van der Waals surface area (Å²) in [5.74, 6) is -0.854. The molecule has 1 aliphatic heterocycles. The maximum Gasteiger partial charge on any atom is 0.329 e. The number of halogens is 1. The zero-order valence-electron chi connectivity index (χ0n) is 9.99. The summed E-state index contributed by atoms with van der Waals surface area (Å²) < 4.78 is 5.33. The Labute approximate surface area is 111 Å². The van der Waals surface area contributed by atoms with Crippen molar-refractivity contribution in [2.24, 2.45) is 0 Å². The molecule has 98 valence electrons. The van der Waals surface area contributed by atoms with Crippen LogP contribution in [0.4, 0.5) is 5.69 Å². The number of ether oxygens (including phenoxy) is 1. The number of carboxylic acids is 1. The van der Waals surface area contributed by atoms with Crippen LogP contribution < -0.4 is 5.32 Å². The Morgan fingerprint density at radius 1 is 1.33 bits per heavy atom. The zero-order valence-corrected chi connectivity index (χ0v) is 10.7. The van der Waals surface area contributed by atoms with E-state index in [0.717, 1.165) is 6.42 Å². The molecule has 18 heavy (non-hydrogen) atoms. The molecule has 0 radical (unpaired) electrons. The third-order valence-electron chi connectivity index (χ3n) is 3.22. The molecule has 0 spiro atoms. The average Bonchev–Trinajstić information content (AvgIpc) is 2.59. The smallest absolute Gasteiger partial charge is 0.329 e. The second-order valence-electron chi connectivity index (χ2n) is 4.46. The number of carboxylic acid groups (broad SMARTS) is 1. The van der Waals surface area contributed by atoms with Gasteiger partial charge in [-0.2, -0.15) is 0 Å². The largest absolute Gasteiger partial charge is 0.480 e. The molecule has 2 N–H and O–H groups in total. The molecule has 0 amide bonds. The lowest BCUT2D eigenvalue weighted by molar-refractivity contribution is -0.142. The summed E-state index contributed by atoms with van der Waals surface area (Å²) >= 11 is 6.06. The number of para-hydroxylation sites is 1. The topological polar surface area (TPSA) is 58.6 Å². The van der Waals surface area contributed by atoms with Crippen molar-refractivity contribution >= 4 is 23.3 Å². The number of aliphatic carboxylic acids is 1. The van der Waals surface area contributed by atoms with E-state index in [-0.39, 0.29) is 0 Å². The lowest BCUT2D eigenvalue weighted by Crippen LogP contribution is -2.46. The van der Waals surface area contributed by atoms with E-state index >= 15 is 0 Å². The third-order valence-corrected chi connectivity index (χ3v) is 3.55. The number of anilines is 1. The molecule has 0 bridgehead atoms. The van der Waals surface area contributed by atoms with Gasteiger partial charge < -0.3 is 15.2 Å². The van der Waals surface area contributed by atoms with Crippen LogP contribution in [0, 0.1) is 0 Å². The SMILES string of the molecule is O=C(O)C1(Nc2ccccc2Cl)CCCOCC1. The fraction of sp³-hybridized carbons (Fsp3) is 0.462. The minimum atomic E-state index is -0.985. The van der Waals surface area contributed by atoms with Gasteiger partial charge in [0.05, 0.1) is 10.7 Å². The number of carbonyl (C=O) groups is 1. The first kappa shape index (κ1) is 13.2. The van der Waals surface area contributed by atoms with E-state index in [4.69, 9.17) is 16.3 Å². The molecule has 4 nitrogen and oxygen atoms in total. The minimum Gasteiger partial charge on any atom is -0.480 e. The molecule has 0 aromatic heterocycles. The lowest BCUT2D eigenvalue weighted by atomic mass is 9.90. The quantitative estimate of drug-likeness (QED) is 0.886. The van der Waals surface area contributed by atoms with E-state index in [1.807, 2.05) is 12.1 Å². The Bertz CT molecular complexity index is 428. The number of nitrogens with one attached hydrogen (secondary N) is 1. The molecular weight excluding hydrogens is 254 g/mol. The van der Waals surface area contributed by atoms with Gasteiger partial charge in [-0.1, -0.05) is 23.7 Å². The first-order valence-corrected chi connectivity index (χ1v) is 6.36. The lowest BCUT2D eigenvalue weighted by Gasteiger charge is -2.30. The standard InChI is InChI=1S/C13H16ClNO3/c14-10-4-1-2-5-11(10)15-13(12(16)17)6-3-8-18-9-7-13/h1-2,4-5,15H,3,6-9H2,(H,16,17). The molecule has 5 heteroatoms. The molecule has 0 aliphatic carbocycles. The van der Waals surface area contributed by atoms with Gasteiger partial charge in [-0.05, 0) is 25.0 Å². The van der Waals surface area contributed by atoms with Crippen molar-refractivity contribution in [2.45, 2.75) is 24.8 Å². The van der Waals surface area contributed by atoms with Crippen LogP contribution in [0.15, 0.2) is 24.3 Å². The van der Waals surface area contributed by atoms with Gasteiger partial charge in [0.25, 0.3) is 0 Å². The monoisotopic (exact) mass is 269 g/mol. The highest BCUT2D eigenvalue weighted by Gasteiger charge is 2.39. The van der Waals surface area contributed by atoms with Crippen molar-refractivity contribution in [1.29, 1.82) is 0 Å². The van der Waals surface area contributed by atoms with E-state index in [9.17, 15) is 9.90 Å². The summed E-state index contributed by atoms with van der Waals surface area (Å²) in [6.07, 6.45) is 1.70. The Morgan fingerprint density at radius 3 is 2.83 bits per heavy atom. The van der Waals surface area contributed by atoms with Gasteiger partial charge in [-0.15, -0.1) is 0 Å². The molecule has 1 aromatic carbocycles. The summed E-state index contributed by atoms with van der Waals surface area (Å²) in [7, 11) is 0. The first-order chi connectivity index (χ1) is 8.64. The molecule has 1 aromatic rings. The van der Waals surface area contributed by atoms with Crippen molar-refractivity contribution in [3.8, 4) is 0 Å². The van der Waals surface area contributed by atoms with Crippen LogP contribution in [0.2, 0.25) is 5.02 Å². The van der Waals surface area contributed by atoms with Gasteiger partial charge in [-0.3, -0.25) is 0 Å². The summed E-state index contributed by atoms with van der Waals surface area (Å²) in [5.41, 5.74) is -0.329. The van der Waals surface area contributed by atoms with E-state index in [1.165, 1.54) is 0 Å². The maximum atomic E-state index is 11.6. The first-order valence-electron chi connectivity index (χ1n) is 5.98. The van der Waals surface area contributed by atoms with E-state index in [2.05, 4.69) is 5.32 Å². The molecule has 1 fully saturated rings. The summed E-state index contributed by atoms with van der Waals surface area (Å²) in [6, 6.07) is 7.18. The van der Waals surface area contributed by atoms with Crippen LogP contribution in [-0.4, -0.2) is 29.8 Å². The fourth-order valence-electron chi connectivity index (χ4n) is 2.16. The second kappa shape index (κ2) is 5.59. The predicted octanol–water partition coefficient (Wildman–Crippen LogP) is 2.78. The summed E-state index contributed by atoms with van der Waals surface area (Å²) in [4.78, 5) is 11.6. The van der Waals surface area contributed by atoms with Crippen molar-refractivity contribution in [2.75, 3.05) is 18.5 Å². The highest BCUT2D eigenvalue weighted by atomic mass is 35.5. The van der Waals surface area contributed by atoms with Crippen LogP contribution >= 0.6 is 11.6 Å². The number of benzene rings is 1. The van der Waals surface area contributed by atoms with Crippen LogP contribution in [0.5, 0.6) is 0 Å². The Kier molecular flexibility index (Phi) is 4.09. The molecular formula is C13H16ClNO3. The molecule has 2 rings (SSSR count). The number of hydrogen-bond donors (Lipinski definition) is 2.